The van der Waals surface area contributed by atoms with Crippen LogP contribution in [0, 0.1) is 11.8 Å². The minimum absolute atomic E-state index is 0.311. The Hall–Kier alpha value is -2.01. The zero-order valence-electron chi connectivity index (χ0n) is 12.4. The van der Waals surface area contributed by atoms with Gasteiger partial charge in [0.05, 0.1) is 11.9 Å². The van der Waals surface area contributed by atoms with Crippen LogP contribution in [0.2, 0.25) is 0 Å². The first-order valence-corrected chi connectivity index (χ1v) is 8.01. The van der Waals surface area contributed by atoms with Gasteiger partial charge in [0.2, 0.25) is 6.79 Å². The molecule has 2 aliphatic heterocycles. The fourth-order valence-corrected chi connectivity index (χ4v) is 3.96. The number of aromatic nitrogens is 2. The summed E-state index contributed by atoms with van der Waals surface area (Å²) in [6.07, 6.45) is 4.79. The molecule has 114 valence electrons. The van der Waals surface area contributed by atoms with E-state index in [1.165, 1.54) is 31.5 Å². The highest BCUT2D eigenvalue weighted by Gasteiger charge is 2.39. The molecule has 0 spiro atoms. The molecule has 3 heterocycles. The normalized spacial score (nSPS) is 26.0. The molecule has 5 heteroatoms. The molecule has 0 bridgehead atoms. The first-order valence-electron chi connectivity index (χ1n) is 8.01. The Morgan fingerprint density at radius 3 is 2.77 bits per heavy atom. The number of fused-ring (bicyclic) bond motifs is 2. The van der Waals surface area contributed by atoms with Crippen LogP contribution in [-0.4, -0.2) is 35.0 Å². The minimum Gasteiger partial charge on any atom is -0.454 e. The van der Waals surface area contributed by atoms with Crippen LogP contribution in [0.15, 0.2) is 24.4 Å². The molecular weight excluding hydrogens is 278 g/mol. The van der Waals surface area contributed by atoms with Gasteiger partial charge < -0.3 is 9.47 Å². The molecule has 1 aromatic heterocycles. The fourth-order valence-electron chi connectivity index (χ4n) is 3.96. The van der Waals surface area contributed by atoms with Crippen LogP contribution in [0.5, 0.6) is 11.5 Å². The van der Waals surface area contributed by atoms with Gasteiger partial charge in [0.15, 0.2) is 11.5 Å². The maximum absolute atomic E-state index is 5.48. The number of likely N-dealkylation sites (tertiary alicyclic amines) is 1. The average molecular weight is 297 g/mol. The number of nitrogens with zero attached hydrogens (tertiary/aromatic N) is 2. The predicted molar refractivity (Wildman–Crippen MR) is 81.6 cm³/mol. The van der Waals surface area contributed by atoms with E-state index in [0.717, 1.165) is 41.1 Å². The van der Waals surface area contributed by atoms with Gasteiger partial charge >= 0.3 is 0 Å². The monoisotopic (exact) mass is 297 g/mol. The molecule has 1 aliphatic carbocycles. The number of nitrogens with one attached hydrogen (secondary N) is 1. The Morgan fingerprint density at radius 1 is 1.14 bits per heavy atom. The van der Waals surface area contributed by atoms with Crippen molar-refractivity contribution in [1.82, 2.24) is 15.1 Å². The van der Waals surface area contributed by atoms with Crippen LogP contribution in [0.25, 0.3) is 11.3 Å². The zero-order valence-corrected chi connectivity index (χ0v) is 12.4. The van der Waals surface area contributed by atoms with Gasteiger partial charge in [0, 0.05) is 30.8 Å². The lowest BCUT2D eigenvalue weighted by molar-refractivity contribution is 0.174. The summed E-state index contributed by atoms with van der Waals surface area (Å²) in [5.74, 6) is 3.53. The quantitative estimate of drug-likeness (QED) is 0.946. The summed E-state index contributed by atoms with van der Waals surface area (Å²) in [7, 11) is 0. The van der Waals surface area contributed by atoms with Gasteiger partial charge in [-0.25, -0.2) is 0 Å². The van der Waals surface area contributed by atoms with Crippen LogP contribution in [-0.2, 0) is 6.54 Å². The maximum atomic E-state index is 5.48. The van der Waals surface area contributed by atoms with E-state index in [4.69, 9.17) is 9.47 Å². The molecule has 1 saturated carbocycles. The molecule has 2 fully saturated rings. The standard InChI is InChI=1S/C17H19N3O2/c1-2-13-8-20(7-12(1)13)9-14-6-18-19-17(14)11-3-4-15-16(5-11)22-10-21-15/h3-6,12-13H,1-2,7-10H2,(H,18,19)/t12-,13+. The molecule has 5 rings (SSSR count). The smallest absolute Gasteiger partial charge is 0.231 e. The molecule has 0 radical (unpaired) electrons. The third-order valence-corrected chi connectivity index (χ3v) is 5.33. The molecule has 3 aliphatic rings. The molecule has 2 atom stereocenters. The topological polar surface area (TPSA) is 50.4 Å². The Morgan fingerprint density at radius 2 is 1.95 bits per heavy atom. The third kappa shape index (κ3) is 1.92. The Bertz CT molecular complexity index is 700. The van der Waals surface area contributed by atoms with Crippen molar-refractivity contribution in [1.29, 1.82) is 0 Å². The van der Waals surface area contributed by atoms with E-state index in [0.29, 0.717) is 6.79 Å². The summed E-state index contributed by atoms with van der Waals surface area (Å²) in [4.78, 5) is 2.57. The summed E-state index contributed by atoms with van der Waals surface area (Å²) < 4.78 is 10.9. The van der Waals surface area contributed by atoms with E-state index in [9.17, 15) is 0 Å². The first kappa shape index (κ1) is 12.5. The van der Waals surface area contributed by atoms with Gasteiger partial charge in [-0.15, -0.1) is 0 Å². The highest BCUT2D eigenvalue weighted by molar-refractivity contribution is 5.66. The van der Waals surface area contributed by atoms with Crippen molar-refractivity contribution < 1.29 is 9.47 Å². The fraction of sp³-hybridized carbons (Fsp3) is 0.471. The number of rotatable bonds is 3. The van der Waals surface area contributed by atoms with Crippen molar-refractivity contribution in [3.8, 4) is 22.8 Å². The first-order chi connectivity index (χ1) is 10.9. The van der Waals surface area contributed by atoms with Crippen molar-refractivity contribution in [3.63, 3.8) is 0 Å². The van der Waals surface area contributed by atoms with Crippen LogP contribution in [0.3, 0.4) is 0 Å². The molecule has 22 heavy (non-hydrogen) atoms. The molecule has 2 aromatic rings. The number of ether oxygens (including phenoxy) is 2. The number of H-pyrrole nitrogens is 1. The van der Waals surface area contributed by atoms with Crippen molar-refractivity contribution in [2.24, 2.45) is 11.8 Å². The number of hydrogen-bond acceptors (Lipinski definition) is 4. The molecule has 1 saturated heterocycles. The molecule has 1 N–H and O–H groups in total. The van der Waals surface area contributed by atoms with Crippen molar-refractivity contribution in [2.45, 2.75) is 19.4 Å². The zero-order chi connectivity index (χ0) is 14.5. The number of aromatic amines is 1. The molecule has 1 aromatic carbocycles. The van der Waals surface area contributed by atoms with Crippen molar-refractivity contribution in [2.75, 3.05) is 19.9 Å². The van der Waals surface area contributed by atoms with Crippen molar-refractivity contribution >= 4 is 0 Å². The van der Waals surface area contributed by atoms with Gasteiger partial charge in [-0.3, -0.25) is 10.00 Å². The van der Waals surface area contributed by atoms with Crippen LogP contribution >= 0.6 is 0 Å². The highest BCUT2D eigenvalue weighted by atomic mass is 16.7. The van der Waals surface area contributed by atoms with Gasteiger partial charge in [-0.05, 0) is 42.9 Å². The Balaban J connectivity index is 1.40. The second kappa shape index (κ2) is 4.74. The summed E-state index contributed by atoms with van der Waals surface area (Å²) in [6, 6.07) is 6.07. The largest absolute Gasteiger partial charge is 0.454 e. The van der Waals surface area contributed by atoms with Crippen LogP contribution in [0.1, 0.15) is 18.4 Å². The summed E-state index contributed by atoms with van der Waals surface area (Å²) >= 11 is 0. The highest BCUT2D eigenvalue weighted by Crippen LogP contribution is 2.41. The Labute approximate surface area is 129 Å². The lowest BCUT2D eigenvalue weighted by Crippen LogP contribution is -2.22. The maximum Gasteiger partial charge on any atom is 0.231 e. The van der Waals surface area contributed by atoms with E-state index in [1.54, 1.807) is 0 Å². The molecule has 0 amide bonds. The third-order valence-electron chi connectivity index (χ3n) is 5.33. The lowest BCUT2D eigenvalue weighted by Gasteiger charge is -2.28. The minimum atomic E-state index is 0.311. The van der Waals surface area contributed by atoms with E-state index in [2.05, 4.69) is 21.2 Å². The second-order valence-electron chi connectivity index (χ2n) is 6.63. The second-order valence-corrected chi connectivity index (χ2v) is 6.63. The van der Waals surface area contributed by atoms with E-state index in [1.807, 2.05) is 18.3 Å². The van der Waals surface area contributed by atoms with Crippen LogP contribution < -0.4 is 9.47 Å². The molecular formula is C17H19N3O2. The molecule has 5 nitrogen and oxygen atoms in total. The lowest BCUT2D eigenvalue weighted by atomic mass is 9.77. The SMILES string of the molecule is c1cc2c(cc1-c1[nH]ncc1CN1C[C@H]3CC[C@H]3C1)OCO2. The van der Waals surface area contributed by atoms with Gasteiger partial charge in [0.25, 0.3) is 0 Å². The van der Waals surface area contributed by atoms with Gasteiger partial charge in [0.1, 0.15) is 0 Å². The summed E-state index contributed by atoms with van der Waals surface area (Å²) in [5.41, 5.74) is 3.47. The number of benzene rings is 1. The van der Waals surface area contributed by atoms with E-state index < -0.39 is 0 Å². The van der Waals surface area contributed by atoms with Gasteiger partial charge in [-0.2, -0.15) is 5.10 Å². The average Bonchev–Trinajstić information content (AvgIpc) is 3.21. The summed E-state index contributed by atoms with van der Waals surface area (Å²) in [5, 5.41) is 7.42. The Kier molecular flexibility index (Phi) is 2.70. The summed E-state index contributed by atoms with van der Waals surface area (Å²) in [6.45, 7) is 3.78. The van der Waals surface area contributed by atoms with E-state index >= 15 is 0 Å². The van der Waals surface area contributed by atoms with E-state index in [-0.39, 0.29) is 0 Å². The predicted octanol–water partition coefficient (Wildman–Crippen LogP) is 2.65. The van der Waals surface area contributed by atoms with Crippen LogP contribution in [0.4, 0.5) is 0 Å². The number of hydrogen-bond donors (Lipinski definition) is 1. The van der Waals surface area contributed by atoms with Gasteiger partial charge in [-0.1, -0.05) is 0 Å². The van der Waals surface area contributed by atoms with Crippen molar-refractivity contribution in [3.05, 3.63) is 30.0 Å². The molecule has 0 unspecified atom stereocenters.